The van der Waals surface area contributed by atoms with Gasteiger partial charge in [-0.15, -0.1) is 0 Å². The molecule has 2 aliphatic heterocycles. The first kappa shape index (κ1) is 24.8. The Labute approximate surface area is 183 Å². The average molecular weight is 463 g/mol. The third kappa shape index (κ3) is 6.50. The number of sulfone groups is 1. The number of carbonyl (C=O) groups is 1. The van der Waals surface area contributed by atoms with Gasteiger partial charge in [0.2, 0.25) is 0 Å². The molecule has 0 radical (unpaired) electrons. The number of carbonyl (C=O) groups excluding carboxylic acids is 1. The van der Waals surface area contributed by atoms with Crippen LogP contribution >= 0.6 is 11.6 Å². The molecule has 1 unspecified atom stereocenters. The predicted octanol–water partition coefficient (Wildman–Crippen LogP) is 1.46. The normalized spacial score (nSPS) is 21.9. The highest BCUT2D eigenvalue weighted by atomic mass is 35.5. The molecule has 1 aromatic heterocycles. The van der Waals surface area contributed by atoms with Gasteiger partial charge in [-0.3, -0.25) is 4.79 Å². The molecule has 0 aliphatic carbocycles. The van der Waals surface area contributed by atoms with Crippen LogP contribution in [0.4, 0.5) is 5.82 Å². The van der Waals surface area contributed by atoms with Gasteiger partial charge < -0.3 is 19.7 Å². The number of anilines is 1. The van der Waals surface area contributed by atoms with Crippen molar-refractivity contribution in [1.82, 2.24) is 15.3 Å². The highest BCUT2D eigenvalue weighted by molar-refractivity contribution is 7.91. The first-order chi connectivity index (χ1) is 14.0. The average Bonchev–Trinajstić information content (AvgIpc) is 2.67. The molecule has 2 fully saturated rings. The third-order valence-corrected chi connectivity index (χ3v) is 7.29. The van der Waals surface area contributed by atoms with Gasteiger partial charge in [-0.1, -0.05) is 11.6 Å². The molecule has 11 heteroatoms. The molecule has 0 aromatic carbocycles. The SMILES string of the molecule is CC(C)(C)OC=O.CS(=O)(=O)C1(c2cc(N3CCOC(Cl)C3)ncn2)CCNCC1. The topological polar surface area (TPSA) is 111 Å². The van der Waals surface area contributed by atoms with Gasteiger partial charge in [0.05, 0.1) is 18.8 Å². The fraction of sp³-hybridized carbons (Fsp3) is 0.737. The zero-order valence-corrected chi connectivity index (χ0v) is 19.5. The lowest BCUT2D eigenvalue weighted by Gasteiger charge is -2.36. The van der Waals surface area contributed by atoms with Gasteiger partial charge in [-0.05, 0) is 46.7 Å². The van der Waals surface area contributed by atoms with Crippen molar-refractivity contribution in [2.24, 2.45) is 0 Å². The molecule has 170 valence electrons. The molecule has 0 bridgehead atoms. The van der Waals surface area contributed by atoms with Gasteiger partial charge in [0.25, 0.3) is 6.47 Å². The van der Waals surface area contributed by atoms with E-state index >= 15 is 0 Å². The highest BCUT2D eigenvalue weighted by Gasteiger charge is 2.45. The second-order valence-corrected chi connectivity index (χ2v) is 11.1. The Morgan fingerprint density at radius 2 is 2.00 bits per heavy atom. The summed E-state index contributed by atoms with van der Waals surface area (Å²) >= 11 is 6.04. The van der Waals surface area contributed by atoms with Gasteiger partial charge in [-0.2, -0.15) is 0 Å². The Morgan fingerprint density at radius 1 is 1.33 bits per heavy atom. The summed E-state index contributed by atoms with van der Waals surface area (Å²) < 4.78 is 33.9. The second kappa shape index (κ2) is 10.2. The van der Waals surface area contributed by atoms with Crippen LogP contribution < -0.4 is 10.2 Å². The molecule has 2 saturated heterocycles. The molecule has 30 heavy (non-hydrogen) atoms. The number of piperidine rings is 1. The van der Waals surface area contributed by atoms with E-state index in [1.807, 2.05) is 25.7 Å². The Bertz CT molecular complexity index is 809. The molecule has 1 atom stereocenters. The quantitative estimate of drug-likeness (QED) is 0.525. The minimum atomic E-state index is -3.30. The van der Waals surface area contributed by atoms with E-state index in [0.29, 0.717) is 63.6 Å². The summed E-state index contributed by atoms with van der Waals surface area (Å²) in [5.41, 5.74) is -0.129. The molecule has 3 heterocycles. The van der Waals surface area contributed by atoms with Crippen molar-refractivity contribution in [2.45, 2.75) is 49.5 Å². The van der Waals surface area contributed by atoms with Gasteiger partial charge in [0, 0.05) is 18.9 Å². The number of halogens is 1. The maximum absolute atomic E-state index is 12.5. The Hall–Kier alpha value is -1.49. The molecule has 1 N–H and O–H groups in total. The number of nitrogens with one attached hydrogen (secondary N) is 1. The van der Waals surface area contributed by atoms with Gasteiger partial charge in [0.15, 0.2) is 9.84 Å². The lowest BCUT2D eigenvalue weighted by molar-refractivity contribution is -0.138. The second-order valence-electron chi connectivity index (χ2n) is 8.33. The van der Waals surface area contributed by atoms with E-state index in [0.717, 1.165) is 0 Å². The van der Waals surface area contributed by atoms with Crippen LogP contribution in [-0.4, -0.2) is 75.1 Å². The van der Waals surface area contributed by atoms with Gasteiger partial charge in [-0.25, -0.2) is 18.4 Å². The molecule has 9 nitrogen and oxygen atoms in total. The third-order valence-electron chi connectivity index (χ3n) is 4.99. The molecule has 0 saturated carbocycles. The van der Waals surface area contributed by atoms with Gasteiger partial charge >= 0.3 is 0 Å². The standard InChI is InChI=1S/C14H21ClN4O3S.C5H10O2/c1-23(20,21)14(2-4-16-5-3-14)11-8-13(18-10-17-11)19-6-7-22-12(15)9-19;1-5(2,3)7-4-6/h8,10,12,16H,2-7,9H2,1H3;4H,1-3H3. The van der Waals surface area contributed by atoms with Crippen LogP contribution in [0.3, 0.4) is 0 Å². The zero-order chi connectivity index (χ0) is 22.4. The van der Waals surface area contributed by atoms with E-state index in [2.05, 4.69) is 20.0 Å². The van der Waals surface area contributed by atoms with Crippen molar-refractivity contribution in [3.8, 4) is 0 Å². The van der Waals surface area contributed by atoms with Crippen LogP contribution in [-0.2, 0) is 28.9 Å². The fourth-order valence-corrected chi connectivity index (χ4v) is 5.07. The molecule has 3 rings (SSSR count). The van der Waals surface area contributed by atoms with Crippen molar-refractivity contribution in [2.75, 3.05) is 43.9 Å². The van der Waals surface area contributed by atoms with Crippen molar-refractivity contribution < 1.29 is 22.7 Å². The van der Waals surface area contributed by atoms with Crippen molar-refractivity contribution >= 4 is 33.7 Å². The van der Waals surface area contributed by atoms with E-state index in [4.69, 9.17) is 16.3 Å². The number of rotatable bonds is 4. The summed E-state index contributed by atoms with van der Waals surface area (Å²) in [5.74, 6) is 0.700. The van der Waals surface area contributed by atoms with Crippen LogP contribution in [0.5, 0.6) is 0 Å². The van der Waals surface area contributed by atoms with Crippen molar-refractivity contribution in [3.63, 3.8) is 0 Å². The van der Waals surface area contributed by atoms with Crippen molar-refractivity contribution in [1.29, 1.82) is 0 Å². The van der Waals surface area contributed by atoms with Crippen LogP contribution in [0, 0.1) is 0 Å². The zero-order valence-electron chi connectivity index (χ0n) is 17.9. The van der Waals surface area contributed by atoms with E-state index in [9.17, 15) is 13.2 Å². The minimum Gasteiger partial charge on any atom is -0.462 e. The smallest absolute Gasteiger partial charge is 0.293 e. The largest absolute Gasteiger partial charge is 0.462 e. The maximum atomic E-state index is 12.5. The Morgan fingerprint density at radius 3 is 2.50 bits per heavy atom. The monoisotopic (exact) mass is 462 g/mol. The predicted molar refractivity (Wildman–Crippen MR) is 115 cm³/mol. The Kier molecular flexibility index (Phi) is 8.43. The first-order valence-electron chi connectivity index (χ1n) is 9.83. The highest BCUT2D eigenvalue weighted by Crippen LogP contribution is 2.38. The summed E-state index contributed by atoms with van der Waals surface area (Å²) in [6.07, 6.45) is 3.77. The summed E-state index contributed by atoms with van der Waals surface area (Å²) in [6, 6.07) is 1.79. The van der Waals surface area contributed by atoms with Crippen LogP contribution in [0.15, 0.2) is 12.4 Å². The summed E-state index contributed by atoms with van der Waals surface area (Å²) in [6.45, 7) is 8.96. The molecule has 2 aliphatic rings. The number of nitrogens with zero attached hydrogens (tertiary/aromatic N) is 3. The summed E-state index contributed by atoms with van der Waals surface area (Å²) in [7, 11) is -3.30. The molecule has 1 aromatic rings. The minimum absolute atomic E-state index is 0.318. The van der Waals surface area contributed by atoms with E-state index in [-0.39, 0.29) is 11.2 Å². The lowest BCUT2D eigenvalue weighted by atomic mass is 9.93. The fourth-order valence-electron chi connectivity index (χ4n) is 3.38. The number of ether oxygens (including phenoxy) is 2. The van der Waals surface area contributed by atoms with Gasteiger partial charge in [0.1, 0.15) is 28.1 Å². The number of hydrogen-bond acceptors (Lipinski definition) is 9. The van der Waals surface area contributed by atoms with E-state index < -0.39 is 14.6 Å². The van der Waals surface area contributed by atoms with E-state index in [1.165, 1.54) is 12.6 Å². The first-order valence-corrected chi connectivity index (χ1v) is 12.2. The van der Waals surface area contributed by atoms with Crippen LogP contribution in [0.1, 0.15) is 39.3 Å². The number of morpholine rings is 1. The molecule has 0 spiro atoms. The number of hydrogen-bond donors (Lipinski definition) is 1. The summed E-state index contributed by atoms with van der Waals surface area (Å²) in [5, 5.41) is 3.21. The maximum Gasteiger partial charge on any atom is 0.293 e. The van der Waals surface area contributed by atoms with Crippen molar-refractivity contribution in [3.05, 3.63) is 18.1 Å². The number of aromatic nitrogens is 2. The lowest BCUT2D eigenvalue weighted by Crippen LogP contribution is -2.46. The van der Waals surface area contributed by atoms with E-state index in [1.54, 1.807) is 6.07 Å². The van der Waals surface area contributed by atoms with Crippen LogP contribution in [0.2, 0.25) is 0 Å². The number of alkyl halides is 1. The molecular formula is C19H31ClN4O5S. The summed E-state index contributed by atoms with van der Waals surface area (Å²) in [4.78, 5) is 20.2. The molecular weight excluding hydrogens is 432 g/mol. The Balaban J connectivity index is 0.000000396. The van der Waals surface area contributed by atoms with Crippen LogP contribution in [0.25, 0.3) is 0 Å². The molecule has 0 amide bonds.